The second-order valence-corrected chi connectivity index (χ2v) is 4.66. The first-order valence-electron chi connectivity index (χ1n) is 5.46. The summed E-state index contributed by atoms with van der Waals surface area (Å²) in [6.07, 6.45) is 0. The Labute approximate surface area is 115 Å². The number of carbonyl (C=O) groups is 1. The molecule has 0 fully saturated rings. The molecule has 0 radical (unpaired) electrons. The first-order chi connectivity index (χ1) is 8.56. The van der Waals surface area contributed by atoms with Gasteiger partial charge < -0.3 is 20.1 Å². The Morgan fingerprint density at radius 2 is 2.17 bits per heavy atom. The van der Waals surface area contributed by atoms with Gasteiger partial charge in [-0.05, 0) is 41.1 Å². The van der Waals surface area contributed by atoms with Gasteiger partial charge in [-0.25, -0.2) is 4.79 Å². The lowest BCUT2D eigenvalue weighted by molar-refractivity contribution is 0.173. The van der Waals surface area contributed by atoms with Crippen LogP contribution in [0.25, 0.3) is 0 Å². The van der Waals surface area contributed by atoms with Crippen LogP contribution in [-0.2, 0) is 4.74 Å². The van der Waals surface area contributed by atoms with Crippen molar-refractivity contribution in [3.05, 3.63) is 22.7 Å². The molecule has 0 spiro atoms. The number of hydrogen-bond acceptors (Lipinski definition) is 3. The smallest absolute Gasteiger partial charge is 0.319 e. The van der Waals surface area contributed by atoms with Crippen LogP contribution in [0.2, 0.25) is 0 Å². The minimum absolute atomic E-state index is 0.0447. The summed E-state index contributed by atoms with van der Waals surface area (Å²) >= 11 is 3.36. The number of rotatable bonds is 5. The van der Waals surface area contributed by atoms with Gasteiger partial charge in [0.1, 0.15) is 5.75 Å². The van der Waals surface area contributed by atoms with Gasteiger partial charge in [-0.3, -0.25) is 0 Å². The highest BCUT2D eigenvalue weighted by Gasteiger charge is 2.08. The van der Waals surface area contributed by atoms with E-state index in [9.17, 15) is 4.79 Å². The van der Waals surface area contributed by atoms with Crippen LogP contribution in [-0.4, -0.2) is 32.9 Å². The molecule has 2 N–H and O–H groups in total. The molecule has 0 aliphatic carbocycles. The lowest BCUT2D eigenvalue weighted by Gasteiger charge is -2.14. The van der Waals surface area contributed by atoms with Crippen LogP contribution in [0.4, 0.5) is 10.5 Å². The Bertz CT molecular complexity index is 412. The molecular weight excluding hydrogens is 300 g/mol. The van der Waals surface area contributed by atoms with Crippen molar-refractivity contribution in [2.24, 2.45) is 0 Å². The van der Waals surface area contributed by atoms with Crippen molar-refractivity contribution in [3.63, 3.8) is 0 Å². The fourth-order valence-electron chi connectivity index (χ4n) is 1.43. The maximum atomic E-state index is 11.6. The third-order valence-corrected chi connectivity index (χ3v) is 2.82. The van der Waals surface area contributed by atoms with E-state index in [0.717, 1.165) is 4.47 Å². The number of methoxy groups -OCH3 is 2. The van der Waals surface area contributed by atoms with E-state index in [1.807, 2.05) is 6.92 Å². The molecule has 5 nitrogen and oxygen atoms in total. The van der Waals surface area contributed by atoms with Crippen LogP contribution < -0.4 is 15.4 Å². The largest absolute Gasteiger partial charge is 0.496 e. The molecule has 0 bridgehead atoms. The number of benzene rings is 1. The maximum Gasteiger partial charge on any atom is 0.319 e. The third-order valence-electron chi connectivity index (χ3n) is 2.20. The molecule has 0 heterocycles. The van der Waals surface area contributed by atoms with Crippen molar-refractivity contribution in [1.82, 2.24) is 5.32 Å². The molecule has 6 heteroatoms. The van der Waals surface area contributed by atoms with Crippen molar-refractivity contribution >= 4 is 27.6 Å². The quantitative estimate of drug-likeness (QED) is 0.878. The van der Waals surface area contributed by atoms with Crippen LogP contribution >= 0.6 is 15.9 Å². The zero-order chi connectivity index (χ0) is 13.5. The van der Waals surface area contributed by atoms with Crippen LogP contribution in [0.15, 0.2) is 22.7 Å². The standard InChI is InChI=1S/C12H17BrN2O3/c1-8(7-17-2)14-12(16)15-9-4-5-11(18-3)10(13)6-9/h4-6,8H,7H2,1-3H3,(H2,14,15,16)/t8-/m1/s1. The first kappa shape index (κ1) is 14.8. The number of halogens is 1. The van der Waals surface area contributed by atoms with Crippen molar-refractivity contribution < 1.29 is 14.3 Å². The first-order valence-corrected chi connectivity index (χ1v) is 6.26. The molecule has 1 atom stereocenters. The third kappa shape index (κ3) is 4.54. The van der Waals surface area contributed by atoms with E-state index < -0.39 is 0 Å². The lowest BCUT2D eigenvalue weighted by atomic mass is 10.3. The van der Waals surface area contributed by atoms with Crippen LogP contribution in [0.1, 0.15) is 6.92 Å². The highest BCUT2D eigenvalue weighted by Crippen LogP contribution is 2.27. The second kappa shape index (κ2) is 7.23. The monoisotopic (exact) mass is 316 g/mol. The highest BCUT2D eigenvalue weighted by molar-refractivity contribution is 9.10. The summed E-state index contributed by atoms with van der Waals surface area (Å²) in [4.78, 5) is 11.6. The van der Waals surface area contributed by atoms with Crippen LogP contribution in [0, 0.1) is 0 Å². The van der Waals surface area contributed by atoms with Gasteiger partial charge in [-0.2, -0.15) is 0 Å². The van der Waals surface area contributed by atoms with E-state index in [-0.39, 0.29) is 12.1 Å². The predicted octanol–water partition coefficient (Wildman–Crippen LogP) is 2.61. The Balaban J connectivity index is 2.57. The summed E-state index contributed by atoms with van der Waals surface area (Å²) in [6, 6.07) is 5.01. The van der Waals surface area contributed by atoms with Gasteiger partial charge in [0.15, 0.2) is 0 Å². The zero-order valence-electron chi connectivity index (χ0n) is 10.6. The molecule has 0 unspecified atom stereocenters. The highest BCUT2D eigenvalue weighted by atomic mass is 79.9. The molecule has 0 aliphatic heterocycles. The summed E-state index contributed by atoms with van der Waals surface area (Å²) in [6.45, 7) is 2.34. The minimum Gasteiger partial charge on any atom is -0.496 e. The van der Waals surface area contributed by atoms with E-state index in [1.54, 1.807) is 32.4 Å². The molecule has 0 saturated heterocycles. The summed E-state index contributed by atoms with van der Waals surface area (Å²) < 4.78 is 10.8. The topological polar surface area (TPSA) is 59.6 Å². The number of urea groups is 1. The Kier molecular flexibility index (Phi) is 5.94. The second-order valence-electron chi connectivity index (χ2n) is 3.80. The predicted molar refractivity (Wildman–Crippen MR) is 74.2 cm³/mol. The van der Waals surface area contributed by atoms with Gasteiger partial charge in [-0.1, -0.05) is 0 Å². The van der Waals surface area contributed by atoms with E-state index in [2.05, 4.69) is 26.6 Å². The number of amides is 2. The van der Waals surface area contributed by atoms with E-state index >= 15 is 0 Å². The number of anilines is 1. The summed E-state index contributed by atoms with van der Waals surface area (Å²) in [5.41, 5.74) is 0.685. The summed E-state index contributed by atoms with van der Waals surface area (Å²) in [5, 5.41) is 5.49. The van der Waals surface area contributed by atoms with Gasteiger partial charge in [0.05, 0.1) is 24.2 Å². The zero-order valence-corrected chi connectivity index (χ0v) is 12.2. The van der Waals surface area contributed by atoms with Gasteiger partial charge in [-0.15, -0.1) is 0 Å². The Hall–Kier alpha value is -1.27. The number of carbonyl (C=O) groups excluding carboxylic acids is 1. The molecule has 0 aliphatic rings. The molecule has 0 saturated carbocycles. The average Bonchev–Trinajstić information content (AvgIpc) is 2.29. The van der Waals surface area contributed by atoms with Gasteiger partial charge in [0, 0.05) is 12.8 Å². The molecule has 18 heavy (non-hydrogen) atoms. The number of hydrogen-bond donors (Lipinski definition) is 2. The number of ether oxygens (including phenoxy) is 2. The SMILES string of the molecule is COC[C@@H](C)NC(=O)Nc1ccc(OC)c(Br)c1. The molecule has 0 aromatic heterocycles. The van der Waals surface area contributed by atoms with E-state index in [4.69, 9.17) is 9.47 Å². The normalized spacial score (nSPS) is 11.8. The van der Waals surface area contributed by atoms with Crippen molar-refractivity contribution in [3.8, 4) is 5.75 Å². The average molecular weight is 317 g/mol. The van der Waals surface area contributed by atoms with Crippen molar-refractivity contribution in [1.29, 1.82) is 0 Å². The minimum atomic E-state index is -0.267. The van der Waals surface area contributed by atoms with E-state index in [0.29, 0.717) is 18.0 Å². The van der Waals surface area contributed by atoms with E-state index in [1.165, 1.54) is 0 Å². The van der Waals surface area contributed by atoms with Crippen LogP contribution in [0.3, 0.4) is 0 Å². The molecule has 1 aromatic carbocycles. The van der Waals surface area contributed by atoms with Crippen LogP contribution in [0.5, 0.6) is 5.75 Å². The van der Waals surface area contributed by atoms with Crippen molar-refractivity contribution in [2.45, 2.75) is 13.0 Å². The fourth-order valence-corrected chi connectivity index (χ4v) is 1.97. The van der Waals surface area contributed by atoms with Crippen molar-refractivity contribution in [2.75, 3.05) is 26.1 Å². The molecular formula is C12H17BrN2O3. The summed E-state index contributed by atoms with van der Waals surface area (Å²) in [7, 11) is 3.18. The Morgan fingerprint density at radius 3 is 2.72 bits per heavy atom. The fraction of sp³-hybridized carbons (Fsp3) is 0.417. The molecule has 2 amide bonds. The maximum absolute atomic E-state index is 11.6. The van der Waals surface area contributed by atoms with Gasteiger partial charge in [0.2, 0.25) is 0 Å². The molecule has 100 valence electrons. The van der Waals surface area contributed by atoms with Gasteiger partial charge in [0.25, 0.3) is 0 Å². The molecule has 1 rings (SSSR count). The number of nitrogens with one attached hydrogen (secondary N) is 2. The Morgan fingerprint density at radius 1 is 1.44 bits per heavy atom. The lowest BCUT2D eigenvalue weighted by Crippen LogP contribution is -2.38. The summed E-state index contributed by atoms with van der Waals surface area (Å²) in [5.74, 6) is 0.716. The van der Waals surface area contributed by atoms with Gasteiger partial charge >= 0.3 is 6.03 Å². The molecule has 1 aromatic rings.